The van der Waals surface area contributed by atoms with Gasteiger partial charge < -0.3 is 15.5 Å². The lowest BCUT2D eigenvalue weighted by Crippen LogP contribution is -1.99. The third-order valence-electron chi connectivity index (χ3n) is 8.62. The van der Waals surface area contributed by atoms with Crippen LogP contribution in [0.2, 0.25) is 0 Å². The fourth-order valence-corrected chi connectivity index (χ4v) is 6.24. The van der Waals surface area contributed by atoms with Gasteiger partial charge in [-0.25, -0.2) is 0 Å². The maximum atomic E-state index is 11.9. The summed E-state index contributed by atoms with van der Waals surface area (Å²) >= 11 is 0. The molecule has 0 aliphatic heterocycles. The molecule has 0 spiro atoms. The van der Waals surface area contributed by atoms with Crippen molar-refractivity contribution in [3.05, 3.63) is 137 Å². The van der Waals surface area contributed by atoms with E-state index in [9.17, 15) is 23.2 Å². The third-order valence-corrected chi connectivity index (χ3v) is 9.50. The van der Waals surface area contributed by atoms with E-state index in [1.807, 2.05) is 82.3 Å². The van der Waals surface area contributed by atoms with Crippen molar-refractivity contribution in [3.8, 4) is 5.75 Å². The van der Waals surface area contributed by atoms with Gasteiger partial charge >= 0.3 is 0 Å². The number of nitrogens with one attached hydrogen (secondary N) is 1. The van der Waals surface area contributed by atoms with E-state index in [1.165, 1.54) is 17.7 Å². The molecule has 53 heavy (non-hydrogen) atoms. The van der Waals surface area contributed by atoms with Crippen LogP contribution in [-0.4, -0.2) is 23.2 Å². The normalized spacial score (nSPS) is 12.1. The molecule has 0 saturated heterocycles. The summed E-state index contributed by atoms with van der Waals surface area (Å²) in [6.45, 7) is 7.76. The van der Waals surface area contributed by atoms with Gasteiger partial charge in [0.1, 0.15) is 16.3 Å². The highest BCUT2D eigenvalue weighted by Crippen LogP contribution is 2.38. The van der Waals surface area contributed by atoms with Crippen molar-refractivity contribution in [1.29, 1.82) is 0 Å². The van der Waals surface area contributed by atoms with Crippen molar-refractivity contribution in [2.75, 3.05) is 5.32 Å². The zero-order chi connectivity index (χ0) is 37.7. The summed E-state index contributed by atoms with van der Waals surface area (Å²) in [4.78, 5) is -0.445. The van der Waals surface area contributed by atoms with Crippen LogP contribution in [0.5, 0.6) is 5.75 Å². The molecule has 6 aromatic carbocycles. The SMILES string of the molecule is Cc1cc(N=Nc2ccc(CO)cc2S(=O)(=O)O)c(C)cc1N=Nc1cc(C)c(N=Nc2ccc3cc(NCc4ccccc4)ccc3c2O)cc1C. The molecule has 0 aliphatic rings. The lowest BCUT2D eigenvalue weighted by atomic mass is 10.1. The number of aryl methyl sites for hydroxylation is 4. The molecule has 268 valence electrons. The number of nitrogens with zero attached hydrogens (tertiary/aromatic N) is 6. The van der Waals surface area contributed by atoms with Crippen LogP contribution in [0.1, 0.15) is 33.4 Å². The molecule has 0 aromatic heterocycles. The molecule has 0 saturated carbocycles. The number of fused-ring (bicyclic) bond motifs is 1. The molecular formula is C40H37N7O5S. The molecule has 0 amide bonds. The van der Waals surface area contributed by atoms with Gasteiger partial charge in [0.15, 0.2) is 5.75 Å². The van der Waals surface area contributed by atoms with Crippen molar-refractivity contribution in [3.63, 3.8) is 0 Å². The van der Waals surface area contributed by atoms with Gasteiger partial charge in [-0.3, -0.25) is 4.55 Å². The number of hydrogen-bond donors (Lipinski definition) is 4. The quantitative estimate of drug-likeness (QED) is 0.0760. The number of anilines is 1. The van der Waals surface area contributed by atoms with Gasteiger partial charge in [-0.2, -0.15) is 28.9 Å². The van der Waals surface area contributed by atoms with Crippen LogP contribution in [0.25, 0.3) is 10.8 Å². The fourth-order valence-electron chi connectivity index (χ4n) is 5.56. The fraction of sp³-hybridized carbons (Fsp3) is 0.150. The van der Waals surface area contributed by atoms with Crippen LogP contribution in [0, 0.1) is 27.7 Å². The number of phenols is 1. The van der Waals surface area contributed by atoms with Crippen molar-refractivity contribution < 1.29 is 23.2 Å². The molecule has 4 N–H and O–H groups in total. The minimum atomic E-state index is -4.59. The highest BCUT2D eigenvalue weighted by atomic mass is 32.2. The van der Waals surface area contributed by atoms with Crippen LogP contribution in [0.3, 0.4) is 0 Å². The molecule has 0 fully saturated rings. The van der Waals surface area contributed by atoms with Gasteiger partial charge in [0.05, 0.1) is 29.4 Å². The number of phenolic OH excluding ortho intramolecular Hbond substituents is 1. The standard InChI is InChI=1S/C40H37N7O5S/c1-24-18-37(26(3)16-35(24)44-42-33-14-10-29(23-48)20-39(33)53(50,51)52)46-47-38-19-25(2)36(17-27(38)4)45-43-34-15-11-30-21-31(12-13-32(30)40(34)49)41-22-28-8-6-5-7-9-28/h5-21,41,48-49H,22-23H2,1-4H3,(H,50,51,52). The van der Waals surface area contributed by atoms with Crippen LogP contribution < -0.4 is 5.32 Å². The predicted molar refractivity (Wildman–Crippen MR) is 206 cm³/mol. The summed E-state index contributed by atoms with van der Waals surface area (Å²) in [5.74, 6) is 0.0540. The number of rotatable bonds is 11. The zero-order valence-corrected chi connectivity index (χ0v) is 30.3. The Hall–Kier alpha value is -6.15. The molecule has 0 unspecified atom stereocenters. The Labute approximate surface area is 307 Å². The number of azo groups is 3. The van der Waals surface area contributed by atoms with E-state index in [-0.39, 0.29) is 11.4 Å². The molecular weight excluding hydrogens is 691 g/mol. The molecule has 12 nitrogen and oxygen atoms in total. The first kappa shape index (κ1) is 36.6. The monoisotopic (exact) mass is 727 g/mol. The first-order valence-corrected chi connectivity index (χ1v) is 18.1. The molecule has 0 radical (unpaired) electrons. The molecule has 6 aromatic rings. The summed E-state index contributed by atoms with van der Waals surface area (Å²) in [5.41, 5.74) is 8.23. The topological polar surface area (TPSA) is 181 Å². The Balaban J connectivity index is 1.16. The Morgan fingerprint density at radius 2 is 1.08 bits per heavy atom. The van der Waals surface area contributed by atoms with E-state index in [0.29, 0.717) is 45.9 Å². The molecule has 0 heterocycles. The summed E-state index contributed by atoms with van der Waals surface area (Å²) in [6, 6.07) is 30.9. The number of aliphatic hydroxyl groups excluding tert-OH is 1. The Kier molecular flexibility index (Phi) is 10.8. The molecule has 6 rings (SSSR count). The molecule has 13 heteroatoms. The van der Waals surface area contributed by atoms with Crippen molar-refractivity contribution in [1.82, 2.24) is 0 Å². The number of hydrogen-bond acceptors (Lipinski definition) is 11. The molecule has 0 atom stereocenters. The first-order valence-electron chi connectivity index (χ1n) is 16.6. The second kappa shape index (κ2) is 15.6. The predicted octanol–water partition coefficient (Wildman–Crippen LogP) is 11.4. The van der Waals surface area contributed by atoms with Crippen LogP contribution >= 0.6 is 0 Å². The largest absolute Gasteiger partial charge is 0.505 e. The molecule has 0 aliphatic carbocycles. The van der Waals surface area contributed by atoms with E-state index < -0.39 is 21.6 Å². The second-order valence-electron chi connectivity index (χ2n) is 12.6. The first-order chi connectivity index (χ1) is 25.4. The Morgan fingerprint density at radius 3 is 1.60 bits per heavy atom. The van der Waals surface area contributed by atoms with Gasteiger partial charge in [-0.05, 0) is 127 Å². The van der Waals surface area contributed by atoms with E-state index in [4.69, 9.17) is 0 Å². The van der Waals surface area contributed by atoms with Crippen molar-refractivity contribution >= 4 is 60.7 Å². The summed E-state index contributed by atoms with van der Waals surface area (Å²) < 4.78 is 33.4. The smallest absolute Gasteiger partial charge is 0.296 e. The third kappa shape index (κ3) is 8.67. The summed E-state index contributed by atoms with van der Waals surface area (Å²) in [6.07, 6.45) is 0. The van der Waals surface area contributed by atoms with E-state index >= 15 is 0 Å². The maximum Gasteiger partial charge on any atom is 0.296 e. The lowest BCUT2D eigenvalue weighted by Gasteiger charge is -2.09. The van der Waals surface area contributed by atoms with Gasteiger partial charge in [-0.1, -0.05) is 42.5 Å². The maximum absolute atomic E-state index is 11.9. The van der Waals surface area contributed by atoms with Crippen molar-refractivity contribution in [2.45, 2.75) is 45.7 Å². The highest BCUT2D eigenvalue weighted by molar-refractivity contribution is 7.86. The highest BCUT2D eigenvalue weighted by Gasteiger charge is 2.17. The number of aromatic hydroxyl groups is 1. The average Bonchev–Trinajstić information content (AvgIpc) is 3.14. The van der Waals surface area contributed by atoms with E-state index in [2.05, 4.69) is 48.1 Å². The minimum Gasteiger partial charge on any atom is -0.505 e. The number of aliphatic hydroxyl groups is 1. The summed E-state index contributed by atoms with van der Waals surface area (Å²) in [7, 11) is -4.59. The van der Waals surface area contributed by atoms with Crippen LogP contribution in [0.4, 0.5) is 39.8 Å². The van der Waals surface area contributed by atoms with Gasteiger partial charge in [-0.15, -0.1) is 10.2 Å². The van der Waals surface area contributed by atoms with Gasteiger partial charge in [0, 0.05) is 17.6 Å². The Bertz CT molecular complexity index is 2540. The van der Waals surface area contributed by atoms with Gasteiger partial charge in [0.25, 0.3) is 10.1 Å². The number of benzene rings is 6. The average molecular weight is 728 g/mol. The Morgan fingerprint density at radius 1 is 0.566 bits per heavy atom. The van der Waals surface area contributed by atoms with Gasteiger partial charge in [0.2, 0.25) is 0 Å². The van der Waals surface area contributed by atoms with Crippen molar-refractivity contribution in [2.24, 2.45) is 30.7 Å². The second-order valence-corrected chi connectivity index (χ2v) is 14.0. The molecule has 0 bridgehead atoms. The summed E-state index contributed by atoms with van der Waals surface area (Å²) in [5, 5.41) is 51.4. The zero-order valence-electron chi connectivity index (χ0n) is 29.5. The lowest BCUT2D eigenvalue weighted by molar-refractivity contribution is 0.281. The van der Waals surface area contributed by atoms with Crippen LogP contribution in [-0.2, 0) is 23.3 Å². The van der Waals surface area contributed by atoms with E-state index in [0.717, 1.165) is 39.4 Å². The van der Waals surface area contributed by atoms with Crippen LogP contribution in [0.15, 0.2) is 139 Å². The van der Waals surface area contributed by atoms with E-state index in [1.54, 1.807) is 18.2 Å². The minimum absolute atomic E-state index is 0.0540.